The lowest BCUT2D eigenvalue weighted by molar-refractivity contribution is 0.430. The van der Waals surface area contributed by atoms with E-state index in [1.807, 2.05) is 36.4 Å². The molecule has 2 aromatic rings. The van der Waals surface area contributed by atoms with Gasteiger partial charge in [0.15, 0.2) is 0 Å². The van der Waals surface area contributed by atoms with Crippen LogP contribution in [0.4, 0.5) is 0 Å². The highest BCUT2D eigenvalue weighted by Crippen LogP contribution is 2.13. The van der Waals surface area contributed by atoms with Gasteiger partial charge in [-0.2, -0.15) is 5.26 Å². The number of nitriles is 1. The molecule has 3 nitrogen and oxygen atoms in total. The SMILES string of the molecule is C[C@@H](NCc1ccc(C#N)cc1)c1ccco1. The largest absolute Gasteiger partial charge is 0.468 e. The molecule has 3 heteroatoms. The van der Waals surface area contributed by atoms with Gasteiger partial charge in [0, 0.05) is 6.54 Å². The van der Waals surface area contributed by atoms with Crippen molar-refractivity contribution in [2.75, 3.05) is 0 Å². The van der Waals surface area contributed by atoms with E-state index in [1.165, 1.54) is 0 Å². The van der Waals surface area contributed by atoms with Crippen LogP contribution in [0.2, 0.25) is 0 Å². The van der Waals surface area contributed by atoms with Crippen LogP contribution >= 0.6 is 0 Å². The Morgan fingerprint density at radius 1 is 1.29 bits per heavy atom. The summed E-state index contributed by atoms with van der Waals surface area (Å²) in [4.78, 5) is 0. The summed E-state index contributed by atoms with van der Waals surface area (Å²) >= 11 is 0. The van der Waals surface area contributed by atoms with E-state index in [0.717, 1.165) is 17.9 Å². The molecule has 1 N–H and O–H groups in total. The Morgan fingerprint density at radius 3 is 2.65 bits per heavy atom. The first-order chi connectivity index (χ1) is 8.29. The summed E-state index contributed by atoms with van der Waals surface area (Å²) in [6.45, 7) is 2.82. The Hall–Kier alpha value is -2.05. The van der Waals surface area contributed by atoms with Gasteiger partial charge in [-0.3, -0.25) is 0 Å². The molecule has 1 heterocycles. The number of nitrogens with zero attached hydrogens (tertiary/aromatic N) is 1. The van der Waals surface area contributed by atoms with Crippen LogP contribution in [-0.4, -0.2) is 0 Å². The fourth-order valence-electron chi connectivity index (χ4n) is 1.61. The molecule has 0 radical (unpaired) electrons. The summed E-state index contributed by atoms with van der Waals surface area (Å²) in [6, 6.07) is 13.7. The molecule has 1 aromatic carbocycles. The van der Waals surface area contributed by atoms with Crippen LogP contribution in [0.3, 0.4) is 0 Å². The maximum absolute atomic E-state index is 8.69. The summed E-state index contributed by atoms with van der Waals surface area (Å²) in [6.07, 6.45) is 1.68. The third-order valence-corrected chi connectivity index (χ3v) is 2.67. The predicted molar refractivity (Wildman–Crippen MR) is 65.1 cm³/mol. The van der Waals surface area contributed by atoms with Crippen molar-refractivity contribution >= 4 is 0 Å². The number of hydrogen-bond acceptors (Lipinski definition) is 3. The minimum atomic E-state index is 0.181. The molecule has 0 spiro atoms. The van der Waals surface area contributed by atoms with Gasteiger partial charge in [0.25, 0.3) is 0 Å². The fourth-order valence-corrected chi connectivity index (χ4v) is 1.61. The van der Waals surface area contributed by atoms with Crippen molar-refractivity contribution in [1.82, 2.24) is 5.32 Å². The molecule has 0 fully saturated rings. The average Bonchev–Trinajstić information content (AvgIpc) is 2.90. The molecule has 86 valence electrons. The van der Waals surface area contributed by atoms with E-state index in [1.54, 1.807) is 6.26 Å². The zero-order chi connectivity index (χ0) is 12.1. The van der Waals surface area contributed by atoms with Gasteiger partial charge in [0.2, 0.25) is 0 Å². The molecule has 0 saturated carbocycles. The number of nitrogens with one attached hydrogen (secondary N) is 1. The third-order valence-electron chi connectivity index (χ3n) is 2.67. The monoisotopic (exact) mass is 226 g/mol. The Morgan fingerprint density at radius 2 is 2.06 bits per heavy atom. The average molecular weight is 226 g/mol. The molecule has 0 unspecified atom stereocenters. The van der Waals surface area contributed by atoms with Gasteiger partial charge in [-0.25, -0.2) is 0 Å². The van der Waals surface area contributed by atoms with Crippen LogP contribution in [-0.2, 0) is 6.54 Å². The van der Waals surface area contributed by atoms with E-state index < -0.39 is 0 Å². The summed E-state index contributed by atoms with van der Waals surface area (Å²) in [5.41, 5.74) is 1.84. The highest BCUT2D eigenvalue weighted by Gasteiger charge is 2.06. The topological polar surface area (TPSA) is 49.0 Å². The predicted octanol–water partition coefficient (Wildman–Crippen LogP) is 3.00. The molecule has 0 aliphatic carbocycles. The fraction of sp³-hybridized carbons (Fsp3) is 0.214. The molecule has 17 heavy (non-hydrogen) atoms. The first-order valence-electron chi connectivity index (χ1n) is 5.55. The molecular weight excluding hydrogens is 212 g/mol. The normalized spacial score (nSPS) is 12.0. The second-order valence-electron chi connectivity index (χ2n) is 3.93. The zero-order valence-corrected chi connectivity index (χ0v) is 9.68. The van der Waals surface area contributed by atoms with Crippen LogP contribution in [0, 0.1) is 11.3 Å². The van der Waals surface area contributed by atoms with E-state index in [0.29, 0.717) is 5.56 Å². The Kier molecular flexibility index (Phi) is 3.59. The van der Waals surface area contributed by atoms with Crippen molar-refractivity contribution in [1.29, 1.82) is 5.26 Å². The highest BCUT2D eigenvalue weighted by atomic mass is 16.3. The molecule has 2 rings (SSSR count). The van der Waals surface area contributed by atoms with Crippen LogP contribution in [0.15, 0.2) is 47.1 Å². The van der Waals surface area contributed by atoms with Crippen molar-refractivity contribution in [2.45, 2.75) is 19.5 Å². The van der Waals surface area contributed by atoms with Gasteiger partial charge in [0.1, 0.15) is 5.76 Å². The quantitative estimate of drug-likeness (QED) is 0.871. The molecular formula is C14H14N2O. The van der Waals surface area contributed by atoms with Gasteiger partial charge in [0.05, 0.1) is 23.9 Å². The van der Waals surface area contributed by atoms with Crippen LogP contribution in [0.5, 0.6) is 0 Å². The first kappa shape index (κ1) is 11.4. The van der Waals surface area contributed by atoms with E-state index in [9.17, 15) is 0 Å². The molecule has 0 bridgehead atoms. The summed E-state index contributed by atoms with van der Waals surface area (Å²) < 4.78 is 5.31. The molecule has 0 saturated heterocycles. The number of benzene rings is 1. The third kappa shape index (κ3) is 2.96. The van der Waals surface area contributed by atoms with Crippen LogP contribution in [0.25, 0.3) is 0 Å². The van der Waals surface area contributed by atoms with Crippen molar-refractivity contribution < 1.29 is 4.42 Å². The Labute approximate surface area is 101 Å². The van der Waals surface area contributed by atoms with Gasteiger partial charge in [-0.15, -0.1) is 0 Å². The van der Waals surface area contributed by atoms with Crippen LogP contribution < -0.4 is 5.32 Å². The van der Waals surface area contributed by atoms with E-state index in [4.69, 9.17) is 9.68 Å². The van der Waals surface area contributed by atoms with E-state index >= 15 is 0 Å². The van der Waals surface area contributed by atoms with Gasteiger partial charge in [-0.1, -0.05) is 12.1 Å². The maximum Gasteiger partial charge on any atom is 0.120 e. The lowest BCUT2D eigenvalue weighted by atomic mass is 10.1. The molecule has 0 amide bonds. The second-order valence-corrected chi connectivity index (χ2v) is 3.93. The summed E-state index contributed by atoms with van der Waals surface area (Å²) in [5, 5.41) is 12.1. The van der Waals surface area contributed by atoms with Gasteiger partial charge >= 0.3 is 0 Å². The second kappa shape index (κ2) is 5.33. The summed E-state index contributed by atoms with van der Waals surface area (Å²) in [5.74, 6) is 0.929. The molecule has 0 aliphatic rings. The molecule has 1 atom stereocenters. The standard InChI is InChI=1S/C14H14N2O/c1-11(14-3-2-8-17-14)16-10-13-6-4-12(9-15)5-7-13/h2-8,11,16H,10H2,1H3/t11-/m1/s1. The Balaban J connectivity index is 1.91. The highest BCUT2D eigenvalue weighted by molar-refractivity contribution is 5.31. The summed E-state index contributed by atoms with van der Waals surface area (Å²) in [7, 11) is 0. The van der Waals surface area contributed by atoms with Crippen molar-refractivity contribution in [3.8, 4) is 6.07 Å². The lowest BCUT2D eigenvalue weighted by Crippen LogP contribution is -2.17. The zero-order valence-electron chi connectivity index (χ0n) is 9.68. The van der Waals surface area contributed by atoms with Crippen molar-refractivity contribution in [3.63, 3.8) is 0 Å². The first-order valence-corrected chi connectivity index (χ1v) is 5.55. The smallest absolute Gasteiger partial charge is 0.120 e. The Bertz CT molecular complexity index is 494. The minimum absolute atomic E-state index is 0.181. The number of rotatable bonds is 4. The lowest BCUT2D eigenvalue weighted by Gasteiger charge is -2.11. The van der Waals surface area contributed by atoms with Crippen molar-refractivity contribution in [3.05, 3.63) is 59.5 Å². The number of hydrogen-bond donors (Lipinski definition) is 1. The molecule has 0 aliphatic heterocycles. The van der Waals surface area contributed by atoms with E-state index in [2.05, 4.69) is 18.3 Å². The molecule has 1 aromatic heterocycles. The van der Waals surface area contributed by atoms with Gasteiger partial charge < -0.3 is 9.73 Å². The van der Waals surface area contributed by atoms with Gasteiger partial charge in [-0.05, 0) is 36.8 Å². The minimum Gasteiger partial charge on any atom is -0.468 e. The van der Waals surface area contributed by atoms with E-state index in [-0.39, 0.29) is 6.04 Å². The number of furan rings is 1. The van der Waals surface area contributed by atoms with Crippen molar-refractivity contribution in [2.24, 2.45) is 0 Å². The van der Waals surface area contributed by atoms with Crippen LogP contribution in [0.1, 0.15) is 29.9 Å². The maximum atomic E-state index is 8.69.